The summed E-state index contributed by atoms with van der Waals surface area (Å²) in [5.41, 5.74) is 4.96. The monoisotopic (exact) mass is 270 g/mol. The Balaban J connectivity index is 2.24. The molecule has 92 valence electrons. The topological polar surface area (TPSA) is 42.7 Å². The van der Waals surface area contributed by atoms with E-state index < -0.39 is 0 Å². The largest absolute Gasteiger partial charge is 0.311 e. The second-order valence-electron chi connectivity index (χ2n) is 3.94. The van der Waals surface area contributed by atoms with E-state index in [2.05, 4.69) is 20.8 Å². The third kappa shape index (κ3) is 2.51. The lowest BCUT2D eigenvalue weighted by molar-refractivity contribution is 0.578. The Morgan fingerprint density at radius 1 is 1.59 bits per heavy atom. The van der Waals surface area contributed by atoms with Crippen molar-refractivity contribution in [3.05, 3.63) is 33.0 Å². The first kappa shape index (κ1) is 12.5. The molecule has 2 aromatic heterocycles. The lowest BCUT2D eigenvalue weighted by Gasteiger charge is -2.13. The summed E-state index contributed by atoms with van der Waals surface area (Å²) >= 11 is 7.83. The number of aromatic nitrogens is 3. The number of nitrogens with one attached hydrogen (secondary N) is 1. The molecule has 0 radical (unpaired) electrons. The molecule has 0 saturated carbocycles. The van der Waals surface area contributed by atoms with Crippen LogP contribution in [0.15, 0.2) is 10.9 Å². The summed E-state index contributed by atoms with van der Waals surface area (Å²) in [4.78, 5) is 4.34. The maximum Gasteiger partial charge on any atom is 0.130 e. The molecule has 0 spiro atoms. The second-order valence-corrected chi connectivity index (χ2v) is 5.01. The number of thiazole rings is 1. The van der Waals surface area contributed by atoms with Crippen molar-refractivity contribution >= 4 is 22.9 Å². The van der Waals surface area contributed by atoms with Crippen molar-refractivity contribution in [2.75, 3.05) is 7.05 Å². The maximum absolute atomic E-state index is 6.23. The fraction of sp³-hybridized carbons (Fsp3) is 0.455. The van der Waals surface area contributed by atoms with E-state index in [1.807, 2.05) is 26.5 Å². The van der Waals surface area contributed by atoms with Crippen LogP contribution in [-0.4, -0.2) is 21.8 Å². The number of halogens is 1. The van der Waals surface area contributed by atoms with Gasteiger partial charge in [0.15, 0.2) is 0 Å². The van der Waals surface area contributed by atoms with Crippen LogP contribution in [0.5, 0.6) is 0 Å². The van der Waals surface area contributed by atoms with Crippen molar-refractivity contribution in [2.24, 2.45) is 7.05 Å². The molecule has 1 atom stereocenters. The van der Waals surface area contributed by atoms with Crippen LogP contribution in [0.4, 0.5) is 0 Å². The third-order valence-electron chi connectivity index (χ3n) is 2.84. The first-order chi connectivity index (χ1) is 8.13. The molecule has 2 aromatic rings. The quantitative estimate of drug-likeness (QED) is 0.927. The Morgan fingerprint density at radius 2 is 2.35 bits per heavy atom. The molecule has 0 aliphatic heterocycles. The summed E-state index contributed by atoms with van der Waals surface area (Å²) in [6.45, 7) is 1.98. The van der Waals surface area contributed by atoms with Crippen LogP contribution in [0.1, 0.15) is 23.0 Å². The molecule has 0 aromatic carbocycles. The van der Waals surface area contributed by atoms with Gasteiger partial charge in [-0.15, -0.1) is 11.3 Å². The maximum atomic E-state index is 6.23. The molecule has 4 nitrogen and oxygen atoms in total. The fourth-order valence-electron chi connectivity index (χ4n) is 1.86. The Bertz CT molecular complexity index is 492. The van der Waals surface area contributed by atoms with Gasteiger partial charge in [0, 0.05) is 18.0 Å². The van der Waals surface area contributed by atoms with Crippen LogP contribution >= 0.6 is 22.9 Å². The SMILES string of the molecule is CNC(Cc1c(C)nn(C)c1Cl)c1cscn1. The molecular formula is C11H15ClN4S. The minimum absolute atomic E-state index is 0.182. The smallest absolute Gasteiger partial charge is 0.130 e. The Labute approximate surface area is 110 Å². The van der Waals surface area contributed by atoms with Gasteiger partial charge in [0.2, 0.25) is 0 Å². The minimum Gasteiger partial charge on any atom is -0.311 e. The first-order valence-electron chi connectivity index (χ1n) is 5.36. The summed E-state index contributed by atoms with van der Waals surface area (Å²) in [6.07, 6.45) is 0.804. The van der Waals surface area contributed by atoms with Gasteiger partial charge in [-0.2, -0.15) is 5.10 Å². The summed E-state index contributed by atoms with van der Waals surface area (Å²) in [5.74, 6) is 0. The zero-order chi connectivity index (χ0) is 12.4. The fourth-order valence-corrected chi connectivity index (χ4v) is 2.72. The van der Waals surface area contributed by atoms with Crippen molar-refractivity contribution in [2.45, 2.75) is 19.4 Å². The predicted octanol–water partition coefficient (Wildman–Crippen LogP) is 2.34. The second kappa shape index (κ2) is 5.16. The highest BCUT2D eigenvalue weighted by Crippen LogP contribution is 2.25. The molecule has 2 heterocycles. The number of aryl methyl sites for hydroxylation is 2. The molecule has 0 amide bonds. The molecule has 17 heavy (non-hydrogen) atoms. The molecule has 0 saturated heterocycles. The first-order valence-corrected chi connectivity index (χ1v) is 6.69. The molecule has 2 rings (SSSR count). The number of hydrogen-bond acceptors (Lipinski definition) is 4. The van der Waals surface area contributed by atoms with E-state index in [0.717, 1.165) is 23.4 Å². The van der Waals surface area contributed by atoms with Crippen LogP contribution in [0, 0.1) is 6.92 Å². The standard InChI is InChI=1S/C11H15ClN4S/c1-7-8(11(12)16(3)15-7)4-9(13-2)10-5-17-6-14-10/h5-6,9,13H,4H2,1-3H3. The Kier molecular flexibility index (Phi) is 3.81. The van der Waals surface area contributed by atoms with E-state index in [4.69, 9.17) is 11.6 Å². The molecule has 0 bridgehead atoms. The molecular weight excluding hydrogens is 256 g/mol. The van der Waals surface area contributed by atoms with Crippen LogP contribution in [-0.2, 0) is 13.5 Å². The van der Waals surface area contributed by atoms with Gasteiger partial charge in [0.05, 0.1) is 22.9 Å². The van der Waals surface area contributed by atoms with Gasteiger partial charge in [-0.3, -0.25) is 4.68 Å². The molecule has 0 aliphatic carbocycles. The molecule has 1 unspecified atom stereocenters. The van der Waals surface area contributed by atoms with Gasteiger partial charge in [-0.1, -0.05) is 11.6 Å². The van der Waals surface area contributed by atoms with Gasteiger partial charge >= 0.3 is 0 Å². The van der Waals surface area contributed by atoms with Crippen molar-refractivity contribution in [3.63, 3.8) is 0 Å². The van der Waals surface area contributed by atoms with E-state index in [-0.39, 0.29) is 6.04 Å². The summed E-state index contributed by atoms with van der Waals surface area (Å²) in [7, 11) is 3.79. The zero-order valence-electron chi connectivity index (χ0n) is 10.1. The molecule has 0 aliphatic rings. The van der Waals surface area contributed by atoms with Crippen LogP contribution in [0.2, 0.25) is 5.15 Å². The van der Waals surface area contributed by atoms with Crippen molar-refractivity contribution in [1.82, 2.24) is 20.1 Å². The lowest BCUT2D eigenvalue weighted by Crippen LogP contribution is -2.19. The van der Waals surface area contributed by atoms with Crippen LogP contribution < -0.4 is 5.32 Å². The van der Waals surface area contributed by atoms with Gasteiger partial charge in [0.1, 0.15) is 5.15 Å². The summed E-state index contributed by atoms with van der Waals surface area (Å²) in [6, 6.07) is 0.182. The van der Waals surface area contributed by atoms with Crippen LogP contribution in [0.25, 0.3) is 0 Å². The van der Waals surface area contributed by atoms with E-state index in [9.17, 15) is 0 Å². The van der Waals surface area contributed by atoms with Crippen molar-refractivity contribution < 1.29 is 0 Å². The highest BCUT2D eigenvalue weighted by atomic mass is 35.5. The molecule has 0 fully saturated rings. The van der Waals surface area contributed by atoms with Crippen molar-refractivity contribution in [1.29, 1.82) is 0 Å². The highest BCUT2D eigenvalue weighted by Gasteiger charge is 2.18. The van der Waals surface area contributed by atoms with Crippen LogP contribution in [0.3, 0.4) is 0 Å². The van der Waals surface area contributed by atoms with E-state index in [1.165, 1.54) is 0 Å². The number of nitrogens with zero attached hydrogens (tertiary/aromatic N) is 3. The van der Waals surface area contributed by atoms with Gasteiger partial charge in [-0.05, 0) is 20.4 Å². The number of hydrogen-bond donors (Lipinski definition) is 1. The lowest BCUT2D eigenvalue weighted by atomic mass is 10.1. The van der Waals surface area contributed by atoms with Gasteiger partial charge < -0.3 is 5.32 Å². The Morgan fingerprint density at radius 3 is 2.82 bits per heavy atom. The van der Waals surface area contributed by atoms with E-state index >= 15 is 0 Å². The highest BCUT2D eigenvalue weighted by molar-refractivity contribution is 7.07. The van der Waals surface area contributed by atoms with Crippen molar-refractivity contribution in [3.8, 4) is 0 Å². The summed E-state index contributed by atoms with van der Waals surface area (Å²) < 4.78 is 1.71. The van der Waals surface area contributed by atoms with E-state index in [0.29, 0.717) is 5.15 Å². The van der Waals surface area contributed by atoms with E-state index in [1.54, 1.807) is 16.0 Å². The van der Waals surface area contributed by atoms with Gasteiger partial charge in [-0.25, -0.2) is 4.98 Å². The molecule has 1 N–H and O–H groups in total. The molecule has 6 heteroatoms. The van der Waals surface area contributed by atoms with Gasteiger partial charge in [0.25, 0.3) is 0 Å². The third-order valence-corrected chi connectivity index (χ3v) is 3.91. The Hall–Kier alpha value is -0.910. The summed E-state index contributed by atoms with van der Waals surface area (Å²) in [5, 5.41) is 10.3. The number of rotatable bonds is 4. The minimum atomic E-state index is 0.182. The predicted molar refractivity (Wildman–Crippen MR) is 70.6 cm³/mol. The average molecular weight is 271 g/mol. The zero-order valence-corrected chi connectivity index (χ0v) is 11.6. The normalized spacial score (nSPS) is 12.9. The number of likely N-dealkylation sites (N-methyl/N-ethyl adjacent to an activating group) is 1. The average Bonchev–Trinajstić information content (AvgIpc) is 2.89.